The molecule has 0 spiro atoms. The summed E-state index contributed by atoms with van der Waals surface area (Å²) in [4.78, 5) is 22.3. The number of piperidine rings is 1. The van der Waals surface area contributed by atoms with E-state index in [2.05, 4.69) is 32.4 Å². The summed E-state index contributed by atoms with van der Waals surface area (Å²) in [5, 5.41) is 5.89. The van der Waals surface area contributed by atoms with E-state index in [9.17, 15) is 4.79 Å². The molecule has 1 aliphatic heterocycles. The zero-order valence-electron chi connectivity index (χ0n) is 15.2. The van der Waals surface area contributed by atoms with Crippen LogP contribution in [0.5, 0.6) is 0 Å². The fraction of sp³-hybridized carbons (Fsp3) is 0.579. The standard InChI is InChI=1S/C19H29N5O/c1-14-8-12-24(13-9-14)11-5-10-20-19(25)21-15(2)18-22-16-6-3-4-7-17(16)23-18/h3-4,6-7,14-15H,5,8-13H2,1-2H3,(H,22,23)(H2,20,21,25). The molecular formula is C19H29N5O. The summed E-state index contributed by atoms with van der Waals surface area (Å²) in [7, 11) is 0. The predicted octanol–water partition coefficient (Wildman–Crippen LogP) is 3.05. The highest BCUT2D eigenvalue weighted by Gasteiger charge is 2.15. The molecule has 3 rings (SSSR count). The molecule has 1 saturated heterocycles. The van der Waals surface area contributed by atoms with Crippen LogP contribution in [0.3, 0.4) is 0 Å². The molecule has 6 heteroatoms. The molecule has 2 heterocycles. The van der Waals surface area contributed by atoms with Crippen molar-refractivity contribution in [3.8, 4) is 0 Å². The van der Waals surface area contributed by atoms with Gasteiger partial charge in [0.05, 0.1) is 17.1 Å². The zero-order valence-corrected chi connectivity index (χ0v) is 15.2. The summed E-state index contributed by atoms with van der Waals surface area (Å²) in [6, 6.07) is 7.58. The maximum absolute atomic E-state index is 12.1. The molecule has 1 unspecified atom stereocenters. The molecule has 6 nitrogen and oxygen atoms in total. The largest absolute Gasteiger partial charge is 0.340 e. The second kappa shape index (κ2) is 8.34. The number of H-pyrrole nitrogens is 1. The Labute approximate surface area is 149 Å². The lowest BCUT2D eigenvalue weighted by Crippen LogP contribution is -2.39. The normalized spacial score (nSPS) is 17.5. The highest BCUT2D eigenvalue weighted by atomic mass is 16.2. The van der Waals surface area contributed by atoms with Crippen LogP contribution in [-0.2, 0) is 0 Å². The van der Waals surface area contributed by atoms with Crippen molar-refractivity contribution < 1.29 is 4.79 Å². The van der Waals surface area contributed by atoms with Gasteiger partial charge in [0, 0.05) is 6.54 Å². The number of carbonyl (C=O) groups excluding carboxylic acids is 1. The molecule has 0 bridgehead atoms. The van der Waals surface area contributed by atoms with Gasteiger partial charge in [-0.1, -0.05) is 19.1 Å². The Hall–Kier alpha value is -2.08. The first-order chi connectivity index (χ1) is 12.1. The number of fused-ring (bicyclic) bond motifs is 1. The topological polar surface area (TPSA) is 73.1 Å². The summed E-state index contributed by atoms with van der Waals surface area (Å²) < 4.78 is 0. The molecule has 3 N–H and O–H groups in total. The molecule has 1 aliphatic rings. The predicted molar refractivity (Wildman–Crippen MR) is 100 cm³/mol. The van der Waals surface area contributed by atoms with Crippen molar-refractivity contribution >= 4 is 17.1 Å². The quantitative estimate of drug-likeness (QED) is 0.706. The number of likely N-dealkylation sites (tertiary alicyclic amines) is 1. The third-order valence-electron chi connectivity index (χ3n) is 4.98. The lowest BCUT2D eigenvalue weighted by molar-refractivity contribution is 0.190. The van der Waals surface area contributed by atoms with Gasteiger partial charge in [-0.05, 0) is 63.9 Å². The summed E-state index contributed by atoms with van der Waals surface area (Å²) in [5.74, 6) is 1.64. The van der Waals surface area contributed by atoms with Crippen LogP contribution in [0.25, 0.3) is 11.0 Å². The summed E-state index contributed by atoms with van der Waals surface area (Å²) in [6.45, 7) is 8.41. The lowest BCUT2D eigenvalue weighted by Gasteiger charge is -2.30. The molecule has 2 amide bonds. The van der Waals surface area contributed by atoms with Crippen LogP contribution < -0.4 is 10.6 Å². The van der Waals surface area contributed by atoms with Crippen LogP contribution in [-0.4, -0.2) is 47.1 Å². The Morgan fingerprint density at radius 2 is 2.12 bits per heavy atom. The number of hydrogen-bond donors (Lipinski definition) is 3. The Bertz CT molecular complexity index is 657. The highest BCUT2D eigenvalue weighted by Crippen LogP contribution is 2.16. The monoisotopic (exact) mass is 343 g/mol. The van der Waals surface area contributed by atoms with Gasteiger partial charge in [-0.3, -0.25) is 0 Å². The van der Waals surface area contributed by atoms with E-state index in [4.69, 9.17) is 0 Å². The van der Waals surface area contributed by atoms with Crippen LogP contribution in [0.15, 0.2) is 24.3 Å². The van der Waals surface area contributed by atoms with Crippen molar-refractivity contribution in [3.05, 3.63) is 30.1 Å². The fourth-order valence-electron chi connectivity index (χ4n) is 3.28. The summed E-state index contributed by atoms with van der Waals surface area (Å²) in [6.07, 6.45) is 3.58. The Morgan fingerprint density at radius 1 is 1.36 bits per heavy atom. The van der Waals surface area contributed by atoms with E-state index in [-0.39, 0.29) is 12.1 Å². The number of nitrogens with one attached hydrogen (secondary N) is 3. The minimum atomic E-state index is -0.156. The van der Waals surface area contributed by atoms with Crippen molar-refractivity contribution in [2.24, 2.45) is 5.92 Å². The van der Waals surface area contributed by atoms with Crippen LogP contribution in [0.1, 0.15) is 45.0 Å². The number of carbonyl (C=O) groups is 1. The minimum absolute atomic E-state index is 0.139. The van der Waals surface area contributed by atoms with Crippen molar-refractivity contribution in [2.45, 2.75) is 39.2 Å². The van der Waals surface area contributed by atoms with E-state index < -0.39 is 0 Å². The first-order valence-electron chi connectivity index (χ1n) is 9.33. The van der Waals surface area contributed by atoms with Crippen molar-refractivity contribution in [3.63, 3.8) is 0 Å². The maximum Gasteiger partial charge on any atom is 0.315 e. The molecule has 0 aliphatic carbocycles. The van der Waals surface area contributed by atoms with Gasteiger partial charge in [0.2, 0.25) is 0 Å². The molecule has 1 aromatic heterocycles. The third kappa shape index (κ3) is 4.95. The van der Waals surface area contributed by atoms with Gasteiger partial charge in [0.1, 0.15) is 5.82 Å². The van der Waals surface area contributed by atoms with E-state index in [0.717, 1.165) is 35.7 Å². The average Bonchev–Trinajstić information content (AvgIpc) is 3.04. The summed E-state index contributed by atoms with van der Waals surface area (Å²) >= 11 is 0. The molecule has 0 saturated carbocycles. The number of para-hydroxylation sites is 2. The molecule has 25 heavy (non-hydrogen) atoms. The van der Waals surface area contributed by atoms with E-state index in [1.807, 2.05) is 31.2 Å². The number of aromatic nitrogens is 2. The van der Waals surface area contributed by atoms with Gasteiger partial charge in [-0.25, -0.2) is 9.78 Å². The number of imidazole rings is 1. The fourth-order valence-corrected chi connectivity index (χ4v) is 3.28. The SMILES string of the molecule is CC1CCN(CCCNC(=O)NC(C)c2nc3ccccc3[nH]2)CC1. The second-order valence-corrected chi connectivity index (χ2v) is 7.14. The number of hydrogen-bond acceptors (Lipinski definition) is 3. The number of aromatic amines is 1. The van der Waals surface area contributed by atoms with Crippen LogP contribution in [0, 0.1) is 5.92 Å². The van der Waals surface area contributed by atoms with E-state index in [1.165, 1.54) is 25.9 Å². The van der Waals surface area contributed by atoms with Crippen LogP contribution in [0.2, 0.25) is 0 Å². The molecule has 1 fully saturated rings. The molecule has 0 radical (unpaired) electrons. The minimum Gasteiger partial charge on any atom is -0.340 e. The van der Waals surface area contributed by atoms with Crippen molar-refractivity contribution in [1.82, 2.24) is 25.5 Å². The average molecular weight is 343 g/mol. The number of urea groups is 1. The number of nitrogens with zero attached hydrogens (tertiary/aromatic N) is 2. The maximum atomic E-state index is 12.1. The molecule has 2 aromatic rings. The van der Waals surface area contributed by atoms with Crippen LogP contribution in [0.4, 0.5) is 4.79 Å². The molecular weight excluding hydrogens is 314 g/mol. The van der Waals surface area contributed by atoms with E-state index >= 15 is 0 Å². The highest BCUT2D eigenvalue weighted by molar-refractivity contribution is 5.76. The first kappa shape index (κ1) is 17.7. The molecule has 1 aromatic carbocycles. The number of amides is 2. The van der Waals surface area contributed by atoms with Gasteiger partial charge in [-0.2, -0.15) is 0 Å². The number of benzene rings is 1. The Morgan fingerprint density at radius 3 is 2.88 bits per heavy atom. The van der Waals surface area contributed by atoms with Gasteiger partial charge < -0.3 is 20.5 Å². The van der Waals surface area contributed by atoms with E-state index in [1.54, 1.807) is 0 Å². The molecule has 1 atom stereocenters. The smallest absolute Gasteiger partial charge is 0.315 e. The third-order valence-corrected chi connectivity index (χ3v) is 4.98. The van der Waals surface area contributed by atoms with Crippen molar-refractivity contribution in [2.75, 3.05) is 26.2 Å². The molecule has 136 valence electrons. The Kier molecular flexibility index (Phi) is 5.91. The lowest BCUT2D eigenvalue weighted by atomic mass is 9.99. The van der Waals surface area contributed by atoms with E-state index in [0.29, 0.717) is 6.54 Å². The first-order valence-corrected chi connectivity index (χ1v) is 9.33. The van der Waals surface area contributed by atoms with Gasteiger partial charge in [0.25, 0.3) is 0 Å². The Balaban J connectivity index is 1.37. The van der Waals surface area contributed by atoms with Crippen molar-refractivity contribution in [1.29, 1.82) is 0 Å². The summed E-state index contributed by atoms with van der Waals surface area (Å²) in [5.41, 5.74) is 1.91. The second-order valence-electron chi connectivity index (χ2n) is 7.14. The number of rotatable bonds is 6. The van der Waals surface area contributed by atoms with Crippen LogP contribution >= 0.6 is 0 Å². The van der Waals surface area contributed by atoms with Gasteiger partial charge >= 0.3 is 6.03 Å². The van der Waals surface area contributed by atoms with Gasteiger partial charge in [0.15, 0.2) is 0 Å². The zero-order chi connectivity index (χ0) is 17.6. The van der Waals surface area contributed by atoms with Gasteiger partial charge in [-0.15, -0.1) is 0 Å².